The van der Waals surface area contributed by atoms with Gasteiger partial charge in [0.15, 0.2) is 23.7 Å². The van der Waals surface area contributed by atoms with E-state index in [4.69, 9.17) is 25.5 Å². The lowest BCUT2D eigenvalue weighted by molar-refractivity contribution is 0.0470. The topological polar surface area (TPSA) is 82.8 Å². The molecule has 0 atom stereocenters. The first-order chi connectivity index (χ1) is 12.9. The van der Waals surface area contributed by atoms with E-state index in [0.717, 1.165) is 0 Å². The van der Waals surface area contributed by atoms with E-state index < -0.39 is 24.0 Å². The number of carbonyl (C=O) groups is 2. The minimum atomic E-state index is -0.952. The van der Waals surface area contributed by atoms with Gasteiger partial charge in [0, 0.05) is 20.4 Å². The molecule has 1 heterocycles. The highest BCUT2D eigenvalue weighted by atomic mass is 79.9. The maximum Gasteiger partial charge on any atom is 0.351 e. The van der Waals surface area contributed by atoms with Crippen LogP contribution < -0.4 is 10.4 Å². The molecule has 138 valence electrons. The molecule has 0 aliphatic carbocycles. The van der Waals surface area contributed by atoms with Gasteiger partial charge in [-0.05, 0) is 42.5 Å². The van der Waals surface area contributed by atoms with E-state index in [2.05, 4.69) is 15.9 Å². The van der Waals surface area contributed by atoms with Crippen LogP contribution in [0.25, 0.3) is 11.0 Å². The van der Waals surface area contributed by atoms with Crippen LogP contribution in [-0.2, 0) is 4.74 Å². The molecule has 0 bridgehead atoms. The van der Waals surface area contributed by atoms with E-state index in [0.29, 0.717) is 26.2 Å². The van der Waals surface area contributed by atoms with Gasteiger partial charge in [0.2, 0.25) is 0 Å². The summed E-state index contributed by atoms with van der Waals surface area (Å²) in [5.41, 5.74) is -0.649. The standard InChI is InChI=1S/C19H12BrClO6/c1-25-16-8-12(20)6-11-7-14(19(24)27-17(11)16)18(23)26-9-15(22)10-2-4-13(21)5-3-10/h2-8H,9H2,1H3. The number of methoxy groups -OCH3 is 1. The molecule has 0 N–H and O–H groups in total. The Labute approximate surface area is 166 Å². The van der Waals surface area contributed by atoms with Gasteiger partial charge in [-0.15, -0.1) is 0 Å². The molecule has 0 saturated heterocycles. The molecule has 0 aliphatic heterocycles. The number of Topliss-reactive ketones (excluding diaryl/α,β-unsaturated/α-hetero) is 1. The van der Waals surface area contributed by atoms with Crippen LogP contribution in [0.5, 0.6) is 5.75 Å². The molecule has 3 aromatic rings. The minimum Gasteiger partial charge on any atom is -0.493 e. The van der Waals surface area contributed by atoms with E-state index in [9.17, 15) is 14.4 Å². The zero-order valence-corrected chi connectivity index (χ0v) is 16.3. The summed E-state index contributed by atoms with van der Waals surface area (Å²) in [7, 11) is 1.44. The van der Waals surface area contributed by atoms with Gasteiger partial charge in [0.1, 0.15) is 5.56 Å². The summed E-state index contributed by atoms with van der Waals surface area (Å²) in [5.74, 6) is -1.03. The van der Waals surface area contributed by atoms with Crippen LogP contribution in [0.2, 0.25) is 5.02 Å². The lowest BCUT2D eigenvalue weighted by atomic mass is 10.1. The van der Waals surface area contributed by atoms with Crippen LogP contribution in [0, 0.1) is 0 Å². The molecule has 6 nitrogen and oxygen atoms in total. The van der Waals surface area contributed by atoms with Crippen molar-refractivity contribution >= 4 is 50.3 Å². The number of hydrogen-bond acceptors (Lipinski definition) is 6. The van der Waals surface area contributed by atoms with Gasteiger partial charge in [0.05, 0.1) is 7.11 Å². The third kappa shape index (κ3) is 4.20. The monoisotopic (exact) mass is 450 g/mol. The fraction of sp³-hybridized carbons (Fsp3) is 0.105. The number of hydrogen-bond donors (Lipinski definition) is 0. The Bertz CT molecular complexity index is 1090. The highest BCUT2D eigenvalue weighted by molar-refractivity contribution is 9.10. The van der Waals surface area contributed by atoms with Crippen molar-refractivity contribution in [2.45, 2.75) is 0 Å². The maximum absolute atomic E-state index is 12.2. The molecule has 0 amide bonds. The van der Waals surface area contributed by atoms with Crippen LogP contribution in [0.4, 0.5) is 0 Å². The number of ketones is 1. The van der Waals surface area contributed by atoms with Crippen molar-refractivity contribution in [2.24, 2.45) is 0 Å². The molecule has 0 unspecified atom stereocenters. The maximum atomic E-state index is 12.2. The lowest BCUT2D eigenvalue weighted by Crippen LogP contribution is -2.20. The fourth-order valence-electron chi connectivity index (χ4n) is 2.39. The molecule has 0 saturated carbocycles. The van der Waals surface area contributed by atoms with Crippen LogP contribution in [0.3, 0.4) is 0 Å². The first-order valence-corrected chi connectivity index (χ1v) is 8.83. The fourth-order valence-corrected chi connectivity index (χ4v) is 2.97. The second-order valence-corrected chi connectivity index (χ2v) is 6.83. The third-order valence-corrected chi connectivity index (χ3v) is 4.41. The number of benzene rings is 2. The molecular weight excluding hydrogens is 440 g/mol. The Morgan fingerprint density at radius 3 is 2.52 bits per heavy atom. The third-order valence-electron chi connectivity index (χ3n) is 3.70. The van der Waals surface area contributed by atoms with Crippen LogP contribution >= 0.6 is 27.5 Å². The average Bonchev–Trinajstić information content (AvgIpc) is 2.65. The van der Waals surface area contributed by atoms with Gasteiger partial charge in [-0.2, -0.15) is 0 Å². The van der Waals surface area contributed by atoms with Crippen molar-refractivity contribution < 1.29 is 23.5 Å². The summed E-state index contributed by atoms with van der Waals surface area (Å²) >= 11 is 9.08. The van der Waals surface area contributed by atoms with Gasteiger partial charge in [-0.3, -0.25) is 4.79 Å². The van der Waals surface area contributed by atoms with E-state index in [1.165, 1.54) is 25.3 Å². The first kappa shape index (κ1) is 19.1. The average molecular weight is 452 g/mol. The van der Waals surface area contributed by atoms with E-state index >= 15 is 0 Å². The van der Waals surface area contributed by atoms with Crippen molar-refractivity contribution in [2.75, 3.05) is 13.7 Å². The molecule has 8 heteroatoms. The van der Waals surface area contributed by atoms with Crippen molar-refractivity contribution in [1.29, 1.82) is 0 Å². The van der Waals surface area contributed by atoms with Crippen LogP contribution in [0.1, 0.15) is 20.7 Å². The zero-order chi connectivity index (χ0) is 19.6. The zero-order valence-electron chi connectivity index (χ0n) is 14.0. The molecule has 0 fully saturated rings. The number of carbonyl (C=O) groups excluding carboxylic acids is 2. The number of esters is 1. The Kier molecular flexibility index (Phi) is 5.62. The molecule has 0 radical (unpaired) electrons. The van der Waals surface area contributed by atoms with Crippen molar-refractivity contribution in [3.63, 3.8) is 0 Å². The minimum absolute atomic E-state index is 0.208. The predicted octanol–water partition coefficient (Wildman–Crippen LogP) is 4.26. The number of ether oxygens (including phenoxy) is 2. The SMILES string of the molecule is COc1cc(Br)cc2cc(C(=O)OCC(=O)c3ccc(Cl)cc3)c(=O)oc12. The van der Waals surface area contributed by atoms with E-state index in [1.807, 2.05) is 0 Å². The van der Waals surface area contributed by atoms with Gasteiger partial charge >= 0.3 is 11.6 Å². The van der Waals surface area contributed by atoms with Gasteiger partial charge in [-0.1, -0.05) is 27.5 Å². The summed E-state index contributed by atoms with van der Waals surface area (Å²) in [4.78, 5) is 36.5. The van der Waals surface area contributed by atoms with Gasteiger partial charge in [-0.25, -0.2) is 9.59 Å². The second-order valence-electron chi connectivity index (χ2n) is 5.48. The number of fused-ring (bicyclic) bond motifs is 1. The smallest absolute Gasteiger partial charge is 0.351 e. The summed E-state index contributed by atoms with van der Waals surface area (Å²) < 4.78 is 16.0. The summed E-state index contributed by atoms with van der Waals surface area (Å²) in [6.45, 7) is -0.514. The summed E-state index contributed by atoms with van der Waals surface area (Å²) in [5, 5.41) is 0.954. The molecular formula is C19H12BrClO6. The van der Waals surface area contributed by atoms with E-state index in [1.54, 1.807) is 24.3 Å². The largest absolute Gasteiger partial charge is 0.493 e. The number of rotatable bonds is 5. The Morgan fingerprint density at radius 2 is 1.85 bits per heavy atom. The summed E-state index contributed by atoms with van der Waals surface area (Å²) in [6, 6.07) is 10.8. The normalized spacial score (nSPS) is 10.6. The highest BCUT2D eigenvalue weighted by Gasteiger charge is 2.19. The van der Waals surface area contributed by atoms with Crippen LogP contribution in [0.15, 0.2) is 56.1 Å². The first-order valence-electron chi connectivity index (χ1n) is 7.66. The van der Waals surface area contributed by atoms with Gasteiger partial charge in [0.25, 0.3) is 0 Å². The predicted molar refractivity (Wildman–Crippen MR) is 103 cm³/mol. The Morgan fingerprint density at radius 1 is 1.15 bits per heavy atom. The molecule has 27 heavy (non-hydrogen) atoms. The van der Waals surface area contributed by atoms with Crippen LogP contribution in [-0.4, -0.2) is 25.5 Å². The molecule has 1 aromatic heterocycles. The Hall–Kier alpha value is -2.64. The quantitative estimate of drug-likeness (QED) is 0.327. The molecule has 2 aromatic carbocycles. The number of halogens is 2. The van der Waals surface area contributed by atoms with Crippen molar-refractivity contribution in [1.82, 2.24) is 0 Å². The molecule has 0 spiro atoms. The van der Waals surface area contributed by atoms with Crippen molar-refractivity contribution in [3.05, 3.63) is 73.5 Å². The van der Waals surface area contributed by atoms with Crippen molar-refractivity contribution in [3.8, 4) is 5.75 Å². The highest BCUT2D eigenvalue weighted by Crippen LogP contribution is 2.29. The lowest BCUT2D eigenvalue weighted by Gasteiger charge is -2.07. The molecule has 3 rings (SSSR count). The summed E-state index contributed by atoms with van der Waals surface area (Å²) in [6.07, 6.45) is 0. The second kappa shape index (κ2) is 7.94. The van der Waals surface area contributed by atoms with E-state index in [-0.39, 0.29) is 11.1 Å². The molecule has 0 aliphatic rings. The van der Waals surface area contributed by atoms with Gasteiger partial charge < -0.3 is 13.9 Å². The Balaban J connectivity index is 1.83.